The zero-order valence-electron chi connectivity index (χ0n) is 16.3. The molecule has 0 radical (unpaired) electrons. The Kier molecular flexibility index (Phi) is 3.74. The van der Waals surface area contributed by atoms with Crippen molar-refractivity contribution in [1.82, 2.24) is 14.9 Å². The lowest BCUT2D eigenvalue weighted by Crippen LogP contribution is -2.44. The number of benzene rings is 2. The first kappa shape index (κ1) is 17.8. The first-order valence-electron chi connectivity index (χ1n) is 10.0. The first-order chi connectivity index (χ1) is 15.1. The van der Waals surface area contributed by atoms with E-state index in [9.17, 15) is 14.0 Å². The fourth-order valence-corrected chi connectivity index (χ4v) is 4.79. The predicted molar refractivity (Wildman–Crippen MR) is 113 cm³/mol. The highest BCUT2D eigenvalue weighted by Crippen LogP contribution is 2.44. The zero-order chi connectivity index (χ0) is 21.1. The quantitative estimate of drug-likeness (QED) is 0.502. The van der Waals surface area contributed by atoms with Crippen LogP contribution in [0.15, 0.2) is 73.1 Å². The Morgan fingerprint density at radius 3 is 2.48 bits per heavy atom. The van der Waals surface area contributed by atoms with E-state index >= 15 is 0 Å². The van der Waals surface area contributed by atoms with Gasteiger partial charge in [0.15, 0.2) is 0 Å². The number of fused-ring (bicyclic) bond motifs is 4. The van der Waals surface area contributed by atoms with E-state index < -0.39 is 23.9 Å². The maximum Gasteiger partial charge on any atom is 0.332 e. The maximum absolute atomic E-state index is 13.6. The van der Waals surface area contributed by atoms with Crippen LogP contribution in [0.4, 0.5) is 14.9 Å². The molecule has 0 unspecified atom stereocenters. The predicted octanol–water partition coefficient (Wildman–Crippen LogP) is 4.18. The molecule has 2 aromatic heterocycles. The number of nitrogens with one attached hydrogen (secondary N) is 1. The molecule has 3 amide bonds. The van der Waals surface area contributed by atoms with Crippen molar-refractivity contribution < 1.29 is 14.0 Å². The summed E-state index contributed by atoms with van der Waals surface area (Å²) in [4.78, 5) is 37.4. The minimum absolute atomic E-state index is 0.299. The van der Waals surface area contributed by atoms with Gasteiger partial charge in [-0.1, -0.05) is 18.2 Å². The average Bonchev–Trinajstić information content (AvgIpc) is 3.29. The summed E-state index contributed by atoms with van der Waals surface area (Å²) in [5, 5.41) is 1.05. The summed E-state index contributed by atoms with van der Waals surface area (Å²) >= 11 is 0. The number of aromatic amines is 1. The van der Waals surface area contributed by atoms with Gasteiger partial charge in [0, 0.05) is 35.4 Å². The Bertz CT molecular complexity index is 1330. The molecule has 4 aromatic rings. The summed E-state index contributed by atoms with van der Waals surface area (Å²) in [6, 6.07) is 15.6. The Morgan fingerprint density at radius 1 is 0.968 bits per heavy atom. The highest BCUT2D eigenvalue weighted by Gasteiger charge is 2.53. The van der Waals surface area contributed by atoms with Crippen molar-refractivity contribution in [1.29, 1.82) is 0 Å². The molecule has 0 spiro atoms. The van der Waals surface area contributed by atoms with Crippen molar-refractivity contribution in [2.45, 2.75) is 18.5 Å². The van der Waals surface area contributed by atoms with Crippen LogP contribution in [0, 0.1) is 5.82 Å². The van der Waals surface area contributed by atoms with Crippen LogP contribution in [-0.4, -0.2) is 32.8 Å². The maximum atomic E-state index is 13.6. The number of carbonyl (C=O) groups excluding carboxylic acids is 2. The second-order valence-corrected chi connectivity index (χ2v) is 7.81. The number of nitrogens with zero attached hydrogens (tertiary/aromatic N) is 3. The van der Waals surface area contributed by atoms with Crippen molar-refractivity contribution in [2.24, 2.45) is 0 Å². The average molecular weight is 412 g/mol. The number of para-hydroxylation sites is 1. The molecule has 4 heterocycles. The van der Waals surface area contributed by atoms with Crippen molar-refractivity contribution >= 4 is 28.5 Å². The van der Waals surface area contributed by atoms with Crippen LogP contribution in [0.3, 0.4) is 0 Å². The summed E-state index contributed by atoms with van der Waals surface area (Å²) in [5.74, 6) is -0.719. The van der Waals surface area contributed by atoms with Crippen LogP contribution in [0.2, 0.25) is 0 Å². The van der Waals surface area contributed by atoms with Crippen LogP contribution in [0.25, 0.3) is 10.9 Å². The van der Waals surface area contributed by atoms with Crippen LogP contribution in [0.5, 0.6) is 0 Å². The topological polar surface area (TPSA) is 69.3 Å². The Balaban J connectivity index is 1.54. The summed E-state index contributed by atoms with van der Waals surface area (Å²) in [6.07, 6.45) is 3.78. The molecular formula is C24H17FN4O2. The standard InChI is InChI=1S/C24H17FN4O2/c25-15-5-7-16(8-6-15)28-23(30)20-13-18-17-3-1-2-4-19(17)27-21(18)22(29(20)24(28)31)14-9-11-26-12-10-14/h1-12,20,22,27H,13H2/t20-,22+/m0/s1. The lowest BCUT2D eigenvalue weighted by atomic mass is 9.89. The zero-order valence-corrected chi connectivity index (χ0v) is 16.3. The summed E-state index contributed by atoms with van der Waals surface area (Å²) in [7, 11) is 0. The van der Waals surface area contributed by atoms with E-state index in [0.717, 1.165) is 32.6 Å². The monoisotopic (exact) mass is 412 g/mol. The fraction of sp³-hybridized carbons (Fsp3) is 0.125. The number of hydrogen-bond donors (Lipinski definition) is 1. The van der Waals surface area contributed by atoms with Gasteiger partial charge in [0.25, 0.3) is 5.91 Å². The molecule has 1 saturated heterocycles. The van der Waals surface area contributed by atoms with Gasteiger partial charge in [-0.2, -0.15) is 0 Å². The number of aromatic nitrogens is 2. The van der Waals surface area contributed by atoms with Gasteiger partial charge in [-0.25, -0.2) is 14.1 Å². The van der Waals surface area contributed by atoms with Crippen molar-refractivity contribution in [3.05, 3.63) is 95.7 Å². The molecule has 152 valence electrons. The van der Waals surface area contributed by atoms with Gasteiger partial charge in [0.05, 0.1) is 5.69 Å². The molecule has 0 bridgehead atoms. The number of pyridine rings is 1. The van der Waals surface area contributed by atoms with Crippen LogP contribution < -0.4 is 4.90 Å². The Hall–Kier alpha value is -4.00. The van der Waals surface area contributed by atoms with E-state index in [4.69, 9.17) is 0 Å². The van der Waals surface area contributed by atoms with Crippen molar-refractivity contribution in [3.63, 3.8) is 0 Å². The van der Waals surface area contributed by atoms with Gasteiger partial charge in [-0.05, 0) is 53.6 Å². The van der Waals surface area contributed by atoms with E-state index in [1.807, 2.05) is 36.4 Å². The number of anilines is 1. The molecule has 2 aliphatic rings. The molecule has 31 heavy (non-hydrogen) atoms. The lowest BCUT2D eigenvalue weighted by Gasteiger charge is -2.35. The molecule has 6 rings (SSSR count). The van der Waals surface area contributed by atoms with Gasteiger partial charge >= 0.3 is 6.03 Å². The number of imide groups is 1. The normalized spacial score (nSPS) is 20.3. The largest absolute Gasteiger partial charge is 0.356 e. The van der Waals surface area contributed by atoms with Gasteiger partial charge < -0.3 is 4.98 Å². The van der Waals surface area contributed by atoms with E-state index in [-0.39, 0.29) is 5.91 Å². The SMILES string of the molecule is O=C1[C@@H]2Cc3c([nH]c4ccccc34)[C@@H](c3ccncc3)N2C(=O)N1c1ccc(F)cc1. The number of hydrogen-bond acceptors (Lipinski definition) is 3. The molecule has 2 atom stereocenters. The lowest BCUT2D eigenvalue weighted by molar-refractivity contribution is -0.120. The third-order valence-corrected chi connectivity index (χ3v) is 6.16. The third-order valence-electron chi connectivity index (χ3n) is 6.16. The molecule has 2 aliphatic heterocycles. The number of urea groups is 1. The van der Waals surface area contributed by atoms with E-state index in [0.29, 0.717) is 12.1 Å². The number of amides is 3. The van der Waals surface area contributed by atoms with Gasteiger partial charge in [-0.3, -0.25) is 14.7 Å². The molecular weight excluding hydrogens is 395 g/mol. The van der Waals surface area contributed by atoms with Crippen LogP contribution >= 0.6 is 0 Å². The second kappa shape index (κ2) is 6.50. The highest BCUT2D eigenvalue weighted by atomic mass is 19.1. The van der Waals surface area contributed by atoms with E-state index in [1.54, 1.807) is 17.3 Å². The molecule has 0 aliphatic carbocycles. The molecule has 7 heteroatoms. The minimum Gasteiger partial charge on any atom is -0.356 e. The summed E-state index contributed by atoms with van der Waals surface area (Å²) < 4.78 is 13.4. The molecule has 2 aromatic carbocycles. The van der Waals surface area contributed by atoms with E-state index in [2.05, 4.69) is 9.97 Å². The minimum atomic E-state index is -0.637. The number of H-pyrrole nitrogens is 1. The molecule has 0 saturated carbocycles. The fourth-order valence-electron chi connectivity index (χ4n) is 4.79. The smallest absolute Gasteiger partial charge is 0.332 e. The van der Waals surface area contributed by atoms with E-state index in [1.165, 1.54) is 24.3 Å². The number of halogens is 1. The van der Waals surface area contributed by atoms with Crippen LogP contribution in [0.1, 0.15) is 22.9 Å². The second-order valence-electron chi connectivity index (χ2n) is 7.81. The number of carbonyl (C=O) groups is 2. The Morgan fingerprint density at radius 2 is 1.71 bits per heavy atom. The first-order valence-corrected chi connectivity index (χ1v) is 10.0. The van der Waals surface area contributed by atoms with Gasteiger partial charge in [-0.15, -0.1) is 0 Å². The summed E-state index contributed by atoms with van der Waals surface area (Å²) in [6.45, 7) is 0. The number of rotatable bonds is 2. The van der Waals surface area contributed by atoms with Gasteiger partial charge in [0.2, 0.25) is 0 Å². The molecule has 1 fully saturated rings. The molecule has 6 nitrogen and oxygen atoms in total. The highest BCUT2D eigenvalue weighted by molar-refractivity contribution is 6.22. The van der Waals surface area contributed by atoms with Crippen molar-refractivity contribution in [3.8, 4) is 0 Å². The third kappa shape index (κ3) is 2.53. The molecule has 1 N–H and O–H groups in total. The summed E-state index contributed by atoms with van der Waals surface area (Å²) in [5.41, 5.74) is 4.16. The van der Waals surface area contributed by atoms with Gasteiger partial charge in [0.1, 0.15) is 17.9 Å². The van der Waals surface area contributed by atoms with Crippen molar-refractivity contribution in [2.75, 3.05) is 4.90 Å². The Labute approximate surface area is 176 Å². The van der Waals surface area contributed by atoms with Crippen LogP contribution in [-0.2, 0) is 11.2 Å².